The van der Waals surface area contributed by atoms with E-state index in [4.69, 9.17) is 0 Å². The molecule has 0 N–H and O–H groups in total. The third-order valence-corrected chi connectivity index (χ3v) is 2.71. The van der Waals surface area contributed by atoms with Gasteiger partial charge in [-0.25, -0.2) is 0 Å². The summed E-state index contributed by atoms with van der Waals surface area (Å²) in [7, 11) is -2.01. The standard InChI is InChI=1S/C7H7.C3H8O3S.C2H6.Y/c1-7-5-3-2-4-6-7;1-3-7(4,5)6-2;1-2;/h3-6H,1H3;3H2,1-2H3;1-2H3;/q-1;;;. The van der Waals surface area contributed by atoms with E-state index in [1.54, 1.807) is 0 Å². The van der Waals surface area contributed by atoms with Gasteiger partial charge in [-0.05, 0) is 6.92 Å². The van der Waals surface area contributed by atoms with Gasteiger partial charge >= 0.3 is 0 Å². The molecule has 0 bridgehead atoms. The fourth-order valence-electron chi connectivity index (χ4n) is 0.588. The van der Waals surface area contributed by atoms with E-state index in [9.17, 15) is 8.42 Å². The molecule has 3 nitrogen and oxygen atoms in total. The molecule has 17 heavy (non-hydrogen) atoms. The molecule has 0 heterocycles. The van der Waals surface area contributed by atoms with Gasteiger partial charge in [0.05, 0.1) is 12.9 Å². The molecular formula is C12H21O3SY-. The summed E-state index contributed by atoms with van der Waals surface area (Å²) in [6.07, 6.45) is 0. The summed E-state index contributed by atoms with van der Waals surface area (Å²) in [5, 5.41) is 0. The quantitative estimate of drug-likeness (QED) is 0.617. The maximum atomic E-state index is 10.1. The van der Waals surface area contributed by atoms with Crippen LogP contribution in [0.3, 0.4) is 0 Å². The van der Waals surface area contributed by atoms with Gasteiger partial charge in [-0.1, -0.05) is 20.8 Å². The van der Waals surface area contributed by atoms with Crippen molar-refractivity contribution in [3.63, 3.8) is 0 Å². The Labute approximate surface area is 131 Å². The molecular weight excluding hydrogens is 313 g/mol. The van der Waals surface area contributed by atoms with E-state index in [-0.39, 0.29) is 38.5 Å². The van der Waals surface area contributed by atoms with Gasteiger partial charge in [-0.2, -0.15) is 44.3 Å². The third-order valence-electron chi connectivity index (χ3n) is 1.49. The molecule has 0 aromatic heterocycles. The van der Waals surface area contributed by atoms with Crippen molar-refractivity contribution in [2.24, 2.45) is 0 Å². The first-order valence-corrected chi connectivity index (χ1v) is 6.80. The maximum absolute atomic E-state index is 10.1. The zero-order valence-corrected chi connectivity index (χ0v) is 14.9. The topological polar surface area (TPSA) is 43.4 Å². The van der Waals surface area contributed by atoms with E-state index in [0.717, 1.165) is 7.11 Å². The monoisotopic (exact) mass is 334 g/mol. The molecule has 0 saturated carbocycles. The van der Waals surface area contributed by atoms with E-state index in [1.807, 2.05) is 38.1 Å². The van der Waals surface area contributed by atoms with Gasteiger partial charge in [0, 0.05) is 32.7 Å². The molecule has 5 heteroatoms. The Morgan fingerprint density at radius 3 is 1.76 bits per heavy atom. The largest absolute Gasteiger partial charge is 0.273 e. The molecule has 0 aliphatic heterocycles. The van der Waals surface area contributed by atoms with Crippen LogP contribution >= 0.6 is 0 Å². The molecule has 0 fully saturated rings. The van der Waals surface area contributed by atoms with Crippen LogP contribution in [-0.2, 0) is 47.0 Å². The van der Waals surface area contributed by atoms with Crippen molar-refractivity contribution < 1.29 is 45.3 Å². The van der Waals surface area contributed by atoms with E-state index in [1.165, 1.54) is 12.5 Å². The average Bonchev–Trinajstić information content (AvgIpc) is 2.33. The minimum atomic E-state index is -3.16. The van der Waals surface area contributed by atoms with Crippen LogP contribution in [0.2, 0.25) is 0 Å². The van der Waals surface area contributed by atoms with Crippen LogP contribution in [0.5, 0.6) is 0 Å². The second-order valence-corrected chi connectivity index (χ2v) is 4.62. The zero-order chi connectivity index (χ0) is 13.0. The molecule has 1 aromatic rings. The molecule has 0 amide bonds. The predicted octanol–water partition coefficient (Wildman–Crippen LogP) is 2.80. The summed E-state index contributed by atoms with van der Waals surface area (Å²) in [5.41, 5.74) is 1.29. The van der Waals surface area contributed by atoms with Gasteiger partial charge in [0.25, 0.3) is 10.1 Å². The third kappa shape index (κ3) is 16.2. The fraction of sp³-hybridized carbons (Fsp3) is 0.500. The number of benzene rings is 1. The number of hydrogen-bond acceptors (Lipinski definition) is 3. The molecule has 0 atom stereocenters. The smallest absolute Gasteiger partial charge is 0.266 e. The first-order valence-electron chi connectivity index (χ1n) is 5.23. The van der Waals surface area contributed by atoms with Crippen molar-refractivity contribution in [1.82, 2.24) is 0 Å². The summed E-state index contributed by atoms with van der Waals surface area (Å²) in [5.74, 6) is 0.0451. The van der Waals surface area contributed by atoms with Crippen LogP contribution < -0.4 is 0 Å². The summed E-state index contributed by atoms with van der Waals surface area (Å²) in [4.78, 5) is 0. The van der Waals surface area contributed by atoms with Crippen molar-refractivity contribution >= 4 is 10.1 Å². The molecule has 0 aliphatic rings. The Bertz CT molecular complexity index is 326. The van der Waals surface area contributed by atoms with Gasteiger partial charge in [-0.3, -0.25) is 4.18 Å². The van der Waals surface area contributed by atoms with Crippen molar-refractivity contribution in [3.8, 4) is 0 Å². The summed E-state index contributed by atoms with van der Waals surface area (Å²) in [6.45, 7) is 7.59. The molecule has 0 aliphatic carbocycles. The first kappa shape index (κ1) is 22.4. The molecule has 0 spiro atoms. The maximum Gasteiger partial charge on any atom is 0.266 e. The minimum Gasteiger partial charge on any atom is -0.273 e. The van der Waals surface area contributed by atoms with Crippen molar-refractivity contribution in [3.05, 3.63) is 35.9 Å². The van der Waals surface area contributed by atoms with Gasteiger partial charge in [-0.15, -0.1) is 0 Å². The fourth-order valence-corrected chi connectivity index (χ4v) is 0.824. The molecule has 0 saturated heterocycles. The van der Waals surface area contributed by atoms with Gasteiger partial charge in [0.15, 0.2) is 0 Å². The van der Waals surface area contributed by atoms with E-state index >= 15 is 0 Å². The number of aryl methyl sites for hydroxylation is 1. The minimum absolute atomic E-state index is 0. The average molecular weight is 334 g/mol. The van der Waals surface area contributed by atoms with Crippen LogP contribution in [-0.4, -0.2) is 21.3 Å². The van der Waals surface area contributed by atoms with Crippen LogP contribution in [0.1, 0.15) is 26.3 Å². The van der Waals surface area contributed by atoms with Crippen LogP contribution in [0.4, 0.5) is 0 Å². The summed E-state index contributed by atoms with van der Waals surface area (Å²) in [6, 6.07) is 10.8. The predicted molar refractivity (Wildman–Crippen MR) is 67.8 cm³/mol. The van der Waals surface area contributed by atoms with Crippen molar-refractivity contribution in [2.75, 3.05) is 12.9 Å². The van der Waals surface area contributed by atoms with E-state index in [0.29, 0.717) is 0 Å². The number of hydrogen-bond donors (Lipinski definition) is 0. The Morgan fingerprint density at radius 2 is 1.65 bits per heavy atom. The normalized spacial score (nSPS) is 8.76. The van der Waals surface area contributed by atoms with Gasteiger partial charge < -0.3 is 0 Å². The Balaban J connectivity index is -0.000000191. The number of rotatable bonds is 2. The zero-order valence-electron chi connectivity index (χ0n) is 11.2. The second-order valence-electron chi connectivity index (χ2n) is 2.59. The van der Waals surface area contributed by atoms with Gasteiger partial charge in [0.1, 0.15) is 0 Å². The van der Waals surface area contributed by atoms with Gasteiger partial charge in [0.2, 0.25) is 0 Å². The van der Waals surface area contributed by atoms with Crippen molar-refractivity contribution in [1.29, 1.82) is 0 Å². The van der Waals surface area contributed by atoms with Crippen LogP contribution in [0, 0.1) is 13.0 Å². The SMILES string of the molecule is CC.CCS(=O)(=O)OC.Cc1cc[c-]cc1.[Y]. The molecule has 1 radical (unpaired) electrons. The molecule has 97 valence electrons. The van der Waals surface area contributed by atoms with E-state index in [2.05, 4.69) is 17.2 Å². The second kappa shape index (κ2) is 14.3. The van der Waals surface area contributed by atoms with Crippen molar-refractivity contribution in [2.45, 2.75) is 27.7 Å². The molecule has 1 aromatic carbocycles. The molecule has 0 unspecified atom stereocenters. The van der Waals surface area contributed by atoms with Crippen LogP contribution in [0.15, 0.2) is 24.3 Å². The Kier molecular flexibility index (Phi) is 18.9. The van der Waals surface area contributed by atoms with Crippen LogP contribution in [0.25, 0.3) is 0 Å². The Morgan fingerprint density at radius 1 is 1.24 bits per heavy atom. The molecule has 1 rings (SSSR count). The first-order chi connectivity index (χ1) is 7.52. The summed E-state index contributed by atoms with van der Waals surface area (Å²) < 4.78 is 24.4. The summed E-state index contributed by atoms with van der Waals surface area (Å²) >= 11 is 0. The Hall–Kier alpha value is 0.234. The van der Waals surface area contributed by atoms with E-state index < -0.39 is 10.1 Å².